The molecular formula is C26H32N4OS. The topological polar surface area (TPSA) is 49.3 Å². The van der Waals surface area contributed by atoms with Crippen LogP contribution in [0.15, 0.2) is 48.5 Å². The number of aryl methyl sites for hydroxylation is 1. The largest absolute Gasteiger partial charge is 0.346 e. The number of fused-ring (bicyclic) bond motifs is 1. The molecule has 0 spiro atoms. The minimum Gasteiger partial charge on any atom is -0.346 e. The van der Waals surface area contributed by atoms with Gasteiger partial charge in [0.15, 0.2) is 0 Å². The molecule has 1 aliphatic rings. The van der Waals surface area contributed by atoms with Crippen molar-refractivity contribution in [1.29, 1.82) is 0 Å². The minimum atomic E-state index is 0.227. The van der Waals surface area contributed by atoms with Gasteiger partial charge in [-0.05, 0) is 36.5 Å². The molecule has 0 aliphatic carbocycles. The average Bonchev–Trinajstić information content (AvgIpc) is 3.28. The van der Waals surface area contributed by atoms with E-state index in [1.165, 1.54) is 33.8 Å². The Labute approximate surface area is 195 Å². The zero-order chi connectivity index (χ0) is 22.3. The van der Waals surface area contributed by atoms with Crippen molar-refractivity contribution in [2.45, 2.75) is 52.5 Å². The van der Waals surface area contributed by atoms with Crippen LogP contribution in [0.25, 0.3) is 0 Å². The maximum absolute atomic E-state index is 13.0. The molecular weight excluding hydrogens is 416 g/mol. The van der Waals surface area contributed by atoms with E-state index >= 15 is 0 Å². The van der Waals surface area contributed by atoms with Crippen LogP contribution in [0.5, 0.6) is 0 Å². The lowest BCUT2D eigenvalue weighted by Crippen LogP contribution is -2.38. The summed E-state index contributed by atoms with van der Waals surface area (Å²) in [6.45, 7) is 7.42. The first-order chi connectivity index (χ1) is 15.6. The lowest BCUT2D eigenvalue weighted by Gasteiger charge is -2.30. The Kier molecular flexibility index (Phi) is 7.53. The van der Waals surface area contributed by atoms with Gasteiger partial charge in [-0.15, -0.1) is 0 Å². The van der Waals surface area contributed by atoms with Gasteiger partial charge in [-0.2, -0.15) is 4.37 Å². The van der Waals surface area contributed by atoms with Gasteiger partial charge in [0.25, 0.3) is 0 Å². The predicted molar refractivity (Wildman–Crippen MR) is 131 cm³/mol. The van der Waals surface area contributed by atoms with Crippen LogP contribution in [-0.4, -0.2) is 39.8 Å². The molecule has 6 heteroatoms. The van der Waals surface area contributed by atoms with Gasteiger partial charge in [0.05, 0.1) is 0 Å². The van der Waals surface area contributed by atoms with E-state index in [4.69, 9.17) is 4.98 Å². The average molecular weight is 449 g/mol. The molecule has 1 amide bonds. The Morgan fingerprint density at radius 2 is 1.88 bits per heavy atom. The van der Waals surface area contributed by atoms with Crippen LogP contribution in [0.2, 0.25) is 0 Å². The second-order valence-electron chi connectivity index (χ2n) is 8.58. The van der Waals surface area contributed by atoms with Gasteiger partial charge in [-0.25, -0.2) is 4.98 Å². The molecule has 5 nitrogen and oxygen atoms in total. The lowest BCUT2D eigenvalue weighted by atomic mass is 10.00. The van der Waals surface area contributed by atoms with Gasteiger partial charge in [0.1, 0.15) is 5.82 Å². The second kappa shape index (κ2) is 10.7. The van der Waals surface area contributed by atoms with Crippen molar-refractivity contribution >= 4 is 22.6 Å². The van der Waals surface area contributed by atoms with Crippen LogP contribution < -0.4 is 4.90 Å². The van der Waals surface area contributed by atoms with Crippen LogP contribution >= 0.6 is 11.5 Å². The third kappa shape index (κ3) is 5.74. The van der Waals surface area contributed by atoms with E-state index in [0.717, 1.165) is 56.3 Å². The first-order valence-corrected chi connectivity index (χ1v) is 12.4. The molecule has 0 N–H and O–H groups in total. The summed E-state index contributed by atoms with van der Waals surface area (Å²) in [5.74, 6) is 1.08. The van der Waals surface area contributed by atoms with Gasteiger partial charge in [0.2, 0.25) is 11.0 Å². The predicted octanol–water partition coefficient (Wildman–Crippen LogP) is 5.02. The van der Waals surface area contributed by atoms with Crippen molar-refractivity contribution in [1.82, 2.24) is 14.3 Å². The summed E-state index contributed by atoms with van der Waals surface area (Å²) in [5.41, 5.74) is 5.13. The molecule has 1 aromatic heterocycles. The number of nitrogens with zero attached hydrogens (tertiary/aromatic N) is 4. The van der Waals surface area contributed by atoms with E-state index in [1.54, 1.807) is 0 Å². The Morgan fingerprint density at radius 1 is 1.09 bits per heavy atom. The number of hydrogen-bond acceptors (Lipinski definition) is 5. The fourth-order valence-corrected chi connectivity index (χ4v) is 4.82. The third-order valence-corrected chi connectivity index (χ3v) is 6.89. The fourth-order valence-electron chi connectivity index (χ4n) is 4.08. The Hall–Kier alpha value is -2.73. The highest BCUT2D eigenvalue weighted by molar-refractivity contribution is 7.09. The molecule has 2 aromatic carbocycles. The van der Waals surface area contributed by atoms with E-state index in [9.17, 15) is 4.79 Å². The first kappa shape index (κ1) is 22.5. The molecule has 3 aromatic rings. The van der Waals surface area contributed by atoms with Crippen molar-refractivity contribution in [3.63, 3.8) is 0 Å². The van der Waals surface area contributed by atoms with Crippen molar-refractivity contribution in [3.8, 4) is 0 Å². The Bertz CT molecular complexity index is 1030. The van der Waals surface area contributed by atoms with Crippen LogP contribution in [-0.2, 0) is 24.2 Å². The van der Waals surface area contributed by atoms with Crippen LogP contribution in [0.4, 0.5) is 5.13 Å². The van der Waals surface area contributed by atoms with E-state index in [2.05, 4.69) is 71.7 Å². The first-order valence-electron chi connectivity index (χ1n) is 11.6. The minimum absolute atomic E-state index is 0.227. The standard InChI is InChI=1S/C26H32N4OS/c1-3-4-15-29(26-27-24(28-32-26)18-21-11-9-20(2)10-12-21)17-14-25(31)30-16-13-22-7-5-6-8-23(22)19-30/h5-12H,3-4,13-19H2,1-2H3. The van der Waals surface area contributed by atoms with Gasteiger partial charge in [-0.1, -0.05) is 67.4 Å². The molecule has 0 saturated heterocycles. The van der Waals surface area contributed by atoms with Gasteiger partial charge >= 0.3 is 0 Å². The van der Waals surface area contributed by atoms with Crippen molar-refractivity contribution in [2.24, 2.45) is 0 Å². The van der Waals surface area contributed by atoms with E-state index < -0.39 is 0 Å². The van der Waals surface area contributed by atoms with Gasteiger partial charge in [0, 0.05) is 50.6 Å². The molecule has 0 atom stereocenters. The third-order valence-electron chi connectivity index (χ3n) is 6.07. The number of unbranched alkanes of at least 4 members (excludes halogenated alkanes) is 1. The maximum atomic E-state index is 13.0. The normalized spacial score (nSPS) is 13.1. The summed E-state index contributed by atoms with van der Waals surface area (Å²) in [6.07, 6.45) is 4.39. The van der Waals surface area contributed by atoms with E-state index in [-0.39, 0.29) is 5.91 Å². The molecule has 0 saturated carbocycles. The molecule has 0 radical (unpaired) electrons. The zero-order valence-electron chi connectivity index (χ0n) is 19.1. The van der Waals surface area contributed by atoms with Gasteiger partial charge < -0.3 is 9.80 Å². The highest BCUT2D eigenvalue weighted by atomic mass is 32.1. The fraction of sp³-hybridized carbons (Fsp3) is 0.423. The molecule has 0 unspecified atom stereocenters. The molecule has 0 bridgehead atoms. The second-order valence-corrected chi connectivity index (χ2v) is 9.31. The van der Waals surface area contributed by atoms with Crippen LogP contribution in [0.1, 0.15) is 54.3 Å². The number of carbonyl (C=O) groups excluding carboxylic acids is 1. The van der Waals surface area contributed by atoms with Crippen molar-refractivity contribution in [2.75, 3.05) is 24.5 Å². The SMILES string of the molecule is CCCCN(CCC(=O)N1CCc2ccccc2C1)c1nc(Cc2ccc(C)cc2)ns1. The Balaban J connectivity index is 1.37. The quantitative estimate of drug-likeness (QED) is 0.461. The number of rotatable bonds is 9. The van der Waals surface area contributed by atoms with E-state index in [1.807, 2.05) is 4.90 Å². The zero-order valence-corrected chi connectivity index (χ0v) is 19.9. The molecule has 32 heavy (non-hydrogen) atoms. The van der Waals surface area contributed by atoms with Crippen molar-refractivity contribution < 1.29 is 4.79 Å². The molecule has 2 heterocycles. The number of benzene rings is 2. The Morgan fingerprint density at radius 3 is 2.66 bits per heavy atom. The monoisotopic (exact) mass is 448 g/mol. The van der Waals surface area contributed by atoms with Gasteiger partial charge in [-0.3, -0.25) is 4.79 Å². The molecule has 168 valence electrons. The number of hydrogen-bond donors (Lipinski definition) is 0. The molecule has 1 aliphatic heterocycles. The lowest BCUT2D eigenvalue weighted by molar-refractivity contribution is -0.131. The van der Waals surface area contributed by atoms with Crippen LogP contribution in [0, 0.1) is 6.92 Å². The summed E-state index contributed by atoms with van der Waals surface area (Å²) in [7, 11) is 0. The summed E-state index contributed by atoms with van der Waals surface area (Å²) in [4.78, 5) is 22.0. The highest BCUT2D eigenvalue weighted by Crippen LogP contribution is 2.22. The number of carbonyl (C=O) groups is 1. The number of amides is 1. The van der Waals surface area contributed by atoms with Crippen molar-refractivity contribution in [3.05, 3.63) is 76.6 Å². The van der Waals surface area contributed by atoms with Crippen LogP contribution in [0.3, 0.4) is 0 Å². The number of anilines is 1. The summed E-state index contributed by atoms with van der Waals surface area (Å²) in [6, 6.07) is 17.0. The molecule has 0 fully saturated rings. The van der Waals surface area contributed by atoms with E-state index in [0.29, 0.717) is 13.0 Å². The number of aromatic nitrogens is 2. The highest BCUT2D eigenvalue weighted by Gasteiger charge is 2.21. The molecule has 4 rings (SSSR count). The maximum Gasteiger partial charge on any atom is 0.224 e. The summed E-state index contributed by atoms with van der Waals surface area (Å²) in [5, 5.41) is 0.928. The summed E-state index contributed by atoms with van der Waals surface area (Å²) >= 11 is 1.45. The summed E-state index contributed by atoms with van der Waals surface area (Å²) < 4.78 is 4.60. The smallest absolute Gasteiger partial charge is 0.224 e.